The number of methoxy groups -OCH3 is 2. The fraction of sp³-hybridized carbons (Fsp3) is 0.435. The molecule has 1 aliphatic rings. The predicted molar refractivity (Wildman–Crippen MR) is 124 cm³/mol. The highest BCUT2D eigenvalue weighted by molar-refractivity contribution is 7.88. The second-order valence-electron chi connectivity index (χ2n) is 7.89. The van der Waals surface area contributed by atoms with Crippen molar-refractivity contribution in [2.45, 2.75) is 31.6 Å². The third-order valence-corrected chi connectivity index (χ3v) is 7.84. The predicted octanol–water partition coefficient (Wildman–Crippen LogP) is 3.78. The Kier molecular flexibility index (Phi) is 8.03. The Morgan fingerprint density at radius 3 is 2.38 bits per heavy atom. The van der Waals surface area contributed by atoms with E-state index in [1.54, 1.807) is 50.6 Å². The SMILES string of the molecule is COc1ccc(OC)c([C@H](C)NC(=O)C2CCN(S(=O)(=O)Cc3ccc(Cl)cc3)CC2)c1. The molecule has 0 saturated carbocycles. The van der Waals surface area contributed by atoms with Gasteiger partial charge in [0.25, 0.3) is 0 Å². The molecule has 2 aromatic carbocycles. The monoisotopic (exact) mass is 480 g/mol. The van der Waals surface area contributed by atoms with Crippen LogP contribution < -0.4 is 14.8 Å². The first-order chi connectivity index (χ1) is 15.2. The molecule has 1 fully saturated rings. The topological polar surface area (TPSA) is 84.9 Å². The molecule has 1 amide bonds. The lowest BCUT2D eigenvalue weighted by atomic mass is 9.96. The van der Waals surface area contributed by atoms with Crippen LogP contribution in [0, 0.1) is 5.92 Å². The summed E-state index contributed by atoms with van der Waals surface area (Å²) >= 11 is 5.87. The highest BCUT2D eigenvalue weighted by atomic mass is 35.5. The van der Waals surface area contributed by atoms with Gasteiger partial charge in [-0.3, -0.25) is 4.79 Å². The maximum Gasteiger partial charge on any atom is 0.223 e. The number of piperidine rings is 1. The van der Waals surface area contributed by atoms with E-state index in [2.05, 4.69) is 5.32 Å². The largest absolute Gasteiger partial charge is 0.497 e. The normalized spacial score (nSPS) is 16.4. The van der Waals surface area contributed by atoms with Crippen LogP contribution in [0.5, 0.6) is 11.5 Å². The average molecular weight is 481 g/mol. The summed E-state index contributed by atoms with van der Waals surface area (Å²) in [5.74, 6) is 0.948. The molecule has 2 aromatic rings. The summed E-state index contributed by atoms with van der Waals surface area (Å²) in [7, 11) is -0.283. The number of rotatable bonds is 8. The minimum atomic E-state index is -3.45. The van der Waals surface area contributed by atoms with Crippen molar-refractivity contribution in [3.63, 3.8) is 0 Å². The molecule has 1 N–H and O–H groups in total. The van der Waals surface area contributed by atoms with Gasteiger partial charge in [-0.2, -0.15) is 0 Å². The Morgan fingerprint density at radius 1 is 1.12 bits per heavy atom. The van der Waals surface area contributed by atoms with Crippen molar-refractivity contribution in [2.24, 2.45) is 5.92 Å². The Balaban J connectivity index is 1.58. The zero-order chi connectivity index (χ0) is 23.3. The number of carbonyl (C=O) groups is 1. The van der Waals surface area contributed by atoms with Crippen molar-refractivity contribution >= 4 is 27.5 Å². The van der Waals surface area contributed by atoms with Gasteiger partial charge in [0.05, 0.1) is 26.0 Å². The number of halogens is 1. The van der Waals surface area contributed by atoms with E-state index < -0.39 is 10.0 Å². The number of sulfonamides is 1. The third-order valence-electron chi connectivity index (χ3n) is 5.74. The molecule has 0 radical (unpaired) electrons. The van der Waals surface area contributed by atoms with Crippen molar-refractivity contribution in [1.29, 1.82) is 0 Å². The van der Waals surface area contributed by atoms with Crippen molar-refractivity contribution in [3.8, 4) is 11.5 Å². The van der Waals surface area contributed by atoms with E-state index in [0.717, 1.165) is 5.56 Å². The van der Waals surface area contributed by atoms with Crippen LogP contribution in [-0.4, -0.2) is 45.9 Å². The molecule has 7 nitrogen and oxygen atoms in total. The first-order valence-corrected chi connectivity index (χ1v) is 12.5. The van der Waals surface area contributed by atoms with E-state index in [9.17, 15) is 13.2 Å². The molecule has 0 spiro atoms. The van der Waals surface area contributed by atoms with Gasteiger partial charge in [0.2, 0.25) is 15.9 Å². The smallest absolute Gasteiger partial charge is 0.223 e. The van der Waals surface area contributed by atoms with Crippen LogP contribution in [0.1, 0.15) is 36.9 Å². The Hall–Kier alpha value is -2.29. The molecule has 0 aliphatic carbocycles. The number of ether oxygens (including phenoxy) is 2. The summed E-state index contributed by atoms with van der Waals surface area (Å²) in [5, 5.41) is 3.60. The molecule has 3 rings (SSSR count). The number of nitrogens with zero attached hydrogens (tertiary/aromatic N) is 1. The molecule has 1 saturated heterocycles. The van der Waals surface area contributed by atoms with Crippen LogP contribution >= 0.6 is 11.6 Å². The van der Waals surface area contributed by atoms with E-state index in [-0.39, 0.29) is 23.6 Å². The summed E-state index contributed by atoms with van der Waals surface area (Å²) in [4.78, 5) is 12.9. The number of carbonyl (C=O) groups excluding carboxylic acids is 1. The Bertz CT molecular complexity index is 1030. The Labute approximate surface area is 194 Å². The summed E-state index contributed by atoms with van der Waals surface area (Å²) in [6.45, 7) is 2.54. The van der Waals surface area contributed by atoms with E-state index in [0.29, 0.717) is 48.0 Å². The molecule has 9 heteroatoms. The van der Waals surface area contributed by atoms with Crippen LogP contribution in [0.15, 0.2) is 42.5 Å². The maximum atomic E-state index is 12.9. The van der Waals surface area contributed by atoms with Crippen molar-refractivity contribution < 1.29 is 22.7 Å². The van der Waals surface area contributed by atoms with E-state index in [4.69, 9.17) is 21.1 Å². The van der Waals surface area contributed by atoms with E-state index in [1.807, 2.05) is 13.0 Å². The van der Waals surface area contributed by atoms with Gasteiger partial charge in [0.15, 0.2) is 0 Å². The van der Waals surface area contributed by atoms with Crippen molar-refractivity contribution in [3.05, 3.63) is 58.6 Å². The number of amides is 1. The first kappa shape index (κ1) is 24.4. The summed E-state index contributed by atoms with van der Waals surface area (Å²) < 4.78 is 37.7. The average Bonchev–Trinajstić information content (AvgIpc) is 2.80. The van der Waals surface area contributed by atoms with Crippen LogP contribution in [0.25, 0.3) is 0 Å². The van der Waals surface area contributed by atoms with Gasteiger partial charge < -0.3 is 14.8 Å². The number of hydrogen-bond donors (Lipinski definition) is 1. The van der Waals surface area contributed by atoms with Gasteiger partial charge in [-0.25, -0.2) is 12.7 Å². The molecule has 0 aromatic heterocycles. The minimum absolute atomic E-state index is 0.0757. The molecular weight excluding hydrogens is 452 g/mol. The van der Waals surface area contributed by atoms with Crippen LogP contribution in [0.4, 0.5) is 0 Å². The molecule has 1 aliphatic heterocycles. The van der Waals surface area contributed by atoms with Gasteiger partial charge >= 0.3 is 0 Å². The molecule has 0 bridgehead atoms. The second-order valence-corrected chi connectivity index (χ2v) is 10.3. The van der Waals surface area contributed by atoms with Gasteiger partial charge in [-0.1, -0.05) is 23.7 Å². The quantitative estimate of drug-likeness (QED) is 0.621. The van der Waals surface area contributed by atoms with E-state index in [1.165, 1.54) is 4.31 Å². The molecule has 174 valence electrons. The highest BCUT2D eigenvalue weighted by Gasteiger charge is 2.32. The second kappa shape index (κ2) is 10.6. The fourth-order valence-electron chi connectivity index (χ4n) is 3.87. The summed E-state index contributed by atoms with van der Waals surface area (Å²) in [6, 6.07) is 12.0. The zero-order valence-electron chi connectivity index (χ0n) is 18.5. The molecule has 1 heterocycles. The number of benzene rings is 2. The number of nitrogens with one attached hydrogen (secondary N) is 1. The van der Waals surface area contributed by atoms with Crippen molar-refractivity contribution in [1.82, 2.24) is 9.62 Å². The third kappa shape index (κ3) is 5.94. The van der Waals surface area contributed by atoms with Crippen LogP contribution in [-0.2, 0) is 20.6 Å². The molecular formula is C23H29ClN2O5S. The number of hydrogen-bond acceptors (Lipinski definition) is 5. The van der Waals surface area contributed by atoms with E-state index >= 15 is 0 Å². The van der Waals surface area contributed by atoms with Crippen LogP contribution in [0.2, 0.25) is 5.02 Å². The van der Waals surface area contributed by atoms with Gasteiger partial charge in [0, 0.05) is 29.6 Å². The van der Waals surface area contributed by atoms with Crippen LogP contribution in [0.3, 0.4) is 0 Å². The van der Waals surface area contributed by atoms with Gasteiger partial charge in [-0.15, -0.1) is 0 Å². The van der Waals surface area contributed by atoms with Crippen molar-refractivity contribution in [2.75, 3.05) is 27.3 Å². The summed E-state index contributed by atoms with van der Waals surface area (Å²) in [6.07, 6.45) is 0.960. The lowest BCUT2D eigenvalue weighted by Gasteiger charge is -2.31. The zero-order valence-corrected chi connectivity index (χ0v) is 20.1. The fourth-order valence-corrected chi connectivity index (χ4v) is 5.55. The summed E-state index contributed by atoms with van der Waals surface area (Å²) in [5.41, 5.74) is 1.51. The Morgan fingerprint density at radius 2 is 1.78 bits per heavy atom. The first-order valence-electron chi connectivity index (χ1n) is 10.5. The standard InChI is InChI=1S/C23H29ClN2O5S/c1-16(21-14-20(30-2)8-9-22(21)31-3)25-23(27)18-10-12-26(13-11-18)32(28,29)15-17-4-6-19(24)7-5-17/h4-9,14,16,18H,10-13,15H2,1-3H3,(H,25,27)/t16-/m0/s1. The molecule has 1 atom stereocenters. The lowest BCUT2D eigenvalue weighted by Crippen LogP contribution is -2.43. The lowest BCUT2D eigenvalue weighted by molar-refractivity contribution is -0.126. The minimum Gasteiger partial charge on any atom is -0.497 e. The van der Waals surface area contributed by atoms with Gasteiger partial charge in [0.1, 0.15) is 11.5 Å². The van der Waals surface area contributed by atoms with Gasteiger partial charge in [-0.05, 0) is 55.7 Å². The molecule has 0 unspecified atom stereocenters. The highest BCUT2D eigenvalue weighted by Crippen LogP contribution is 2.30. The molecule has 32 heavy (non-hydrogen) atoms. The maximum absolute atomic E-state index is 12.9.